The number of anilines is 1. The van der Waals surface area contributed by atoms with Gasteiger partial charge in [-0.2, -0.15) is 9.78 Å². The first-order valence-corrected chi connectivity index (χ1v) is 9.64. The molecule has 0 unspecified atom stereocenters. The normalized spacial score (nSPS) is 10.8. The molecule has 4 aromatic rings. The third kappa shape index (κ3) is 3.45. The molecule has 0 aliphatic carbocycles. The van der Waals surface area contributed by atoms with Crippen molar-refractivity contribution in [1.82, 2.24) is 14.8 Å². The number of aromatic nitrogens is 3. The molecule has 1 N–H and O–H groups in total. The Kier molecular flexibility index (Phi) is 4.77. The van der Waals surface area contributed by atoms with Crippen LogP contribution < -0.4 is 10.9 Å². The third-order valence-electron chi connectivity index (χ3n) is 4.36. The van der Waals surface area contributed by atoms with Gasteiger partial charge in [0.1, 0.15) is 0 Å². The molecule has 0 spiro atoms. The van der Waals surface area contributed by atoms with Crippen LogP contribution in [0.3, 0.4) is 0 Å². The number of carbonyl (C=O) groups is 2. The summed E-state index contributed by atoms with van der Waals surface area (Å²) in [6.07, 6.45) is 0. The summed E-state index contributed by atoms with van der Waals surface area (Å²) < 4.78 is 1.21. The highest BCUT2D eigenvalue weighted by Crippen LogP contribution is 2.24. The minimum absolute atomic E-state index is 0.0984. The largest absolute Gasteiger partial charge is 0.296 e. The van der Waals surface area contributed by atoms with Crippen LogP contribution >= 0.6 is 11.3 Å². The number of nitrogens with zero attached hydrogens (tertiary/aromatic N) is 3. The molecular formula is C21H16N4O3S. The number of thiazole rings is 1. The molecule has 0 aliphatic rings. The Morgan fingerprint density at radius 2 is 1.66 bits per heavy atom. The zero-order chi connectivity index (χ0) is 20.5. The molecule has 144 valence electrons. The van der Waals surface area contributed by atoms with Crippen LogP contribution in [0.2, 0.25) is 0 Å². The molecule has 0 fully saturated rings. The molecule has 0 atom stereocenters. The fourth-order valence-electron chi connectivity index (χ4n) is 3.03. The fraction of sp³-hybridized carbons (Fsp3) is 0.0952. The second-order valence-corrected chi connectivity index (χ2v) is 7.39. The van der Waals surface area contributed by atoms with Crippen LogP contribution in [0.4, 0.5) is 5.13 Å². The molecule has 2 aromatic carbocycles. The third-order valence-corrected chi connectivity index (χ3v) is 5.53. The lowest BCUT2D eigenvalue weighted by Crippen LogP contribution is -2.26. The Morgan fingerprint density at radius 1 is 1.00 bits per heavy atom. The Labute approximate surface area is 169 Å². The van der Waals surface area contributed by atoms with Crippen molar-refractivity contribution in [3.8, 4) is 5.69 Å². The lowest BCUT2D eigenvalue weighted by Gasteiger charge is -2.10. The Balaban J connectivity index is 1.83. The number of carbonyl (C=O) groups excluding carboxylic acids is 2. The van der Waals surface area contributed by atoms with Crippen LogP contribution in [-0.2, 0) is 0 Å². The quantitative estimate of drug-likeness (QED) is 0.525. The number of fused-ring (bicyclic) bond motifs is 1. The molecule has 4 rings (SSSR count). The lowest BCUT2D eigenvalue weighted by molar-refractivity contribution is 0.101. The number of hydrogen-bond donors (Lipinski definition) is 1. The van der Waals surface area contributed by atoms with Gasteiger partial charge in [0.15, 0.2) is 16.6 Å². The van der Waals surface area contributed by atoms with Gasteiger partial charge >= 0.3 is 0 Å². The molecule has 0 radical (unpaired) electrons. The van der Waals surface area contributed by atoms with E-state index in [4.69, 9.17) is 0 Å². The van der Waals surface area contributed by atoms with Gasteiger partial charge in [0.05, 0.1) is 21.6 Å². The molecule has 0 bridgehead atoms. The lowest BCUT2D eigenvalue weighted by atomic mass is 10.1. The summed E-state index contributed by atoms with van der Waals surface area (Å²) in [5.74, 6) is -0.614. The van der Waals surface area contributed by atoms with E-state index in [2.05, 4.69) is 15.4 Å². The van der Waals surface area contributed by atoms with Gasteiger partial charge in [-0.3, -0.25) is 19.7 Å². The Morgan fingerprint density at radius 3 is 2.31 bits per heavy atom. The van der Waals surface area contributed by atoms with E-state index in [0.29, 0.717) is 32.2 Å². The molecule has 8 heteroatoms. The molecule has 0 aliphatic heterocycles. The van der Waals surface area contributed by atoms with E-state index in [1.807, 2.05) is 6.07 Å². The van der Waals surface area contributed by atoms with E-state index in [1.54, 1.807) is 55.5 Å². The number of benzene rings is 2. The van der Waals surface area contributed by atoms with Crippen molar-refractivity contribution >= 4 is 38.9 Å². The summed E-state index contributed by atoms with van der Waals surface area (Å²) in [5.41, 5.74) is 0.903. The summed E-state index contributed by atoms with van der Waals surface area (Å²) in [6.45, 7) is 3.17. The van der Waals surface area contributed by atoms with E-state index in [-0.39, 0.29) is 17.0 Å². The van der Waals surface area contributed by atoms with E-state index >= 15 is 0 Å². The second-order valence-electron chi connectivity index (χ2n) is 6.39. The molecular weight excluding hydrogens is 388 g/mol. The highest BCUT2D eigenvalue weighted by molar-refractivity contribution is 7.17. The summed E-state index contributed by atoms with van der Waals surface area (Å²) in [6, 6.07) is 15.7. The summed E-state index contributed by atoms with van der Waals surface area (Å²) in [5, 5.41) is 8.17. The second kappa shape index (κ2) is 7.40. The first kappa shape index (κ1) is 18.7. The predicted molar refractivity (Wildman–Crippen MR) is 112 cm³/mol. The van der Waals surface area contributed by atoms with Gasteiger partial charge in [-0.1, -0.05) is 47.7 Å². The van der Waals surface area contributed by atoms with E-state index in [9.17, 15) is 14.4 Å². The van der Waals surface area contributed by atoms with Crippen molar-refractivity contribution in [2.45, 2.75) is 13.8 Å². The number of nitrogens with one attached hydrogen (secondary N) is 1. The standard InChI is InChI=1S/C21H16N4O3S/c1-12-18(13(2)26)29-21(22-12)23-19(27)17-15-10-6-7-11-16(15)20(28)25(24-17)14-8-4-3-5-9-14/h3-11H,1-2H3,(H,22,23,27). The van der Waals surface area contributed by atoms with Crippen molar-refractivity contribution in [2.24, 2.45) is 0 Å². The molecule has 2 aromatic heterocycles. The van der Waals surface area contributed by atoms with Crippen molar-refractivity contribution in [3.05, 3.63) is 81.2 Å². The molecule has 1 amide bonds. The van der Waals surface area contributed by atoms with Gasteiger partial charge in [0, 0.05) is 12.3 Å². The van der Waals surface area contributed by atoms with Gasteiger partial charge in [0.25, 0.3) is 11.5 Å². The SMILES string of the molecule is CC(=O)c1sc(NC(=O)c2nn(-c3ccccc3)c(=O)c3ccccc23)nc1C. The average Bonchev–Trinajstić information content (AvgIpc) is 3.09. The number of Topliss-reactive ketones (excluding diaryl/α,β-unsaturated/α-hetero) is 1. The predicted octanol–water partition coefficient (Wildman–Crippen LogP) is 3.61. The number of rotatable bonds is 4. The number of ketones is 1. The molecule has 2 heterocycles. The van der Waals surface area contributed by atoms with Gasteiger partial charge in [0.2, 0.25) is 0 Å². The topological polar surface area (TPSA) is 94.0 Å². The van der Waals surface area contributed by atoms with Crippen molar-refractivity contribution in [2.75, 3.05) is 5.32 Å². The summed E-state index contributed by atoms with van der Waals surface area (Å²) >= 11 is 1.11. The average molecular weight is 404 g/mol. The monoisotopic (exact) mass is 404 g/mol. The van der Waals surface area contributed by atoms with Crippen LogP contribution in [0.15, 0.2) is 59.4 Å². The van der Waals surface area contributed by atoms with E-state index in [0.717, 1.165) is 11.3 Å². The minimum Gasteiger partial charge on any atom is -0.296 e. The van der Waals surface area contributed by atoms with E-state index in [1.165, 1.54) is 11.6 Å². The summed E-state index contributed by atoms with van der Waals surface area (Å²) in [4.78, 5) is 42.3. The van der Waals surface area contributed by atoms with Gasteiger partial charge in [-0.15, -0.1) is 0 Å². The summed E-state index contributed by atoms with van der Waals surface area (Å²) in [7, 11) is 0. The van der Waals surface area contributed by atoms with Gasteiger partial charge in [-0.05, 0) is 25.1 Å². The highest BCUT2D eigenvalue weighted by atomic mass is 32.1. The number of para-hydroxylation sites is 1. The maximum atomic E-state index is 13.0. The van der Waals surface area contributed by atoms with Gasteiger partial charge in [-0.25, -0.2) is 4.98 Å². The van der Waals surface area contributed by atoms with Crippen molar-refractivity contribution < 1.29 is 9.59 Å². The first-order chi connectivity index (χ1) is 14.0. The van der Waals surface area contributed by atoms with Crippen molar-refractivity contribution in [1.29, 1.82) is 0 Å². The number of amides is 1. The minimum atomic E-state index is -0.505. The van der Waals surface area contributed by atoms with Crippen molar-refractivity contribution in [3.63, 3.8) is 0 Å². The number of aryl methyl sites for hydroxylation is 1. The van der Waals surface area contributed by atoms with Crippen LogP contribution in [0.5, 0.6) is 0 Å². The maximum absolute atomic E-state index is 13.0. The van der Waals surface area contributed by atoms with Crippen LogP contribution in [0.25, 0.3) is 16.5 Å². The fourth-order valence-corrected chi connectivity index (χ4v) is 3.89. The number of hydrogen-bond acceptors (Lipinski definition) is 6. The van der Waals surface area contributed by atoms with E-state index < -0.39 is 5.91 Å². The van der Waals surface area contributed by atoms with Crippen LogP contribution in [-0.4, -0.2) is 26.5 Å². The Hall–Kier alpha value is -3.65. The molecule has 29 heavy (non-hydrogen) atoms. The zero-order valence-corrected chi connectivity index (χ0v) is 16.5. The smallest absolute Gasteiger partial charge is 0.279 e. The molecule has 0 saturated heterocycles. The maximum Gasteiger partial charge on any atom is 0.279 e. The molecule has 7 nitrogen and oxygen atoms in total. The first-order valence-electron chi connectivity index (χ1n) is 8.83. The molecule has 0 saturated carbocycles. The highest BCUT2D eigenvalue weighted by Gasteiger charge is 2.20. The van der Waals surface area contributed by atoms with Gasteiger partial charge < -0.3 is 0 Å². The Bertz CT molecular complexity index is 1310. The zero-order valence-electron chi connectivity index (χ0n) is 15.7. The van der Waals surface area contributed by atoms with Crippen LogP contribution in [0.1, 0.15) is 32.8 Å². The van der Waals surface area contributed by atoms with Crippen LogP contribution in [0, 0.1) is 6.92 Å².